The van der Waals surface area contributed by atoms with Gasteiger partial charge < -0.3 is 9.05 Å². The van der Waals surface area contributed by atoms with Crippen LogP contribution in [0.3, 0.4) is 0 Å². The molecule has 0 saturated heterocycles. The van der Waals surface area contributed by atoms with Gasteiger partial charge in [0.05, 0.1) is 13.2 Å². The fourth-order valence-electron chi connectivity index (χ4n) is 1.39. The molecule has 0 bridgehead atoms. The minimum atomic E-state index is -3.02. The Hall–Kier alpha value is -0.280. The molecule has 0 radical (unpaired) electrons. The largest absolute Gasteiger partial charge is 0.389 e. The third-order valence-electron chi connectivity index (χ3n) is 2.13. The number of hydrogen-bond donors (Lipinski definition) is 0. The van der Waals surface area contributed by atoms with Gasteiger partial charge in [0.2, 0.25) is 0 Å². The predicted octanol–water partition coefficient (Wildman–Crippen LogP) is 4.66. The number of benzene rings is 1. The van der Waals surface area contributed by atoms with Gasteiger partial charge in [0.15, 0.2) is 0 Å². The van der Waals surface area contributed by atoms with Crippen molar-refractivity contribution >= 4 is 18.2 Å². The first kappa shape index (κ1) is 14.8. The zero-order valence-electron chi connectivity index (χ0n) is 10.5. The molecule has 0 heterocycles. The molecule has 0 N–H and O–H groups in total. The van der Waals surface area contributed by atoms with Gasteiger partial charge in [-0.3, -0.25) is 0 Å². The first-order chi connectivity index (χ1) is 8.11. The van der Waals surface area contributed by atoms with E-state index in [4.69, 9.17) is 9.05 Å². The number of rotatable bonds is 7. The molecule has 0 spiro atoms. The Morgan fingerprint density at radius 2 is 1.71 bits per heavy atom. The summed E-state index contributed by atoms with van der Waals surface area (Å²) in [6.45, 7) is 3.41. The van der Waals surface area contributed by atoms with Gasteiger partial charge in [-0.1, -0.05) is 30.3 Å². The fourth-order valence-corrected chi connectivity index (χ4v) is 5.41. The van der Waals surface area contributed by atoms with E-state index >= 15 is 0 Å². The normalized spacial score (nSPS) is 13.6. The van der Waals surface area contributed by atoms with Crippen LogP contribution in [-0.2, 0) is 13.6 Å². The molecule has 1 unspecified atom stereocenters. The van der Waals surface area contributed by atoms with Crippen molar-refractivity contribution in [2.75, 3.05) is 13.2 Å². The predicted molar refractivity (Wildman–Crippen MR) is 73.3 cm³/mol. The van der Waals surface area contributed by atoms with Crippen molar-refractivity contribution in [3.05, 3.63) is 35.9 Å². The maximum absolute atomic E-state index is 12.3. The highest BCUT2D eigenvalue weighted by molar-refractivity contribution is 8.55. The Morgan fingerprint density at radius 1 is 1.18 bits per heavy atom. The highest BCUT2D eigenvalue weighted by Gasteiger charge is 2.28. The number of hydrogen-bond acceptors (Lipinski definition) is 4. The van der Waals surface area contributed by atoms with Gasteiger partial charge in [-0.05, 0) is 37.7 Å². The summed E-state index contributed by atoms with van der Waals surface area (Å²) in [5.74, 6) is 0. The first-order valence-electron chi connectivity index (χ1n) is 5.73. The van der Waals surface area contributed by atoms with Crippen LogP contribution in [0.1, 0.15) is 31.6 Å². The lowest BCUT2D eigenvalue weighted by atomic mass is 10.2. The first-order valence-corrected chi connectivity index (χ1v) is 8.76. The molecule has 1 atom stereocenters. The van der Waals surface area contributed by atoms with Crippen LogP contribution in [0.15, 0.2) is 30.3 Å². The van der Waals surface area contributed by atoms with E-state index in [1.54, 1.807) is 0 Å². The van der Waals surface area contributed by atoms with Gasteiger partial charge in [0.1, 0.15) is 0 Å². The van der Waals surface area contributed by atoms with Gasteiger partial charge in [0, 0.05) is 5.25 Å². The second-order valence-electron chi connectivity index (χ2n) is 3.44. The highest BCUT2D eigenvalue weighted by atomic mass is 32.7. The van der Waals surface area contributed by atoms with E-state index < -0.39 is 6.80 Å². The summed E-state index contributed by atoms with van der Waals surface area (Å²) in [5, 5.41) is 0.0835. The second-order valence-corrected chi connectivity index (χ2v) is 7.74. The van der Waals surface area contributed by atoms with Crippen LogP contribution < -0.4 is 0 Å². The maximum atomic E-state index is 12.3. The molecule has 0 aliphatic rings. The summed E-state index contributed by atoms with van der Waals surface area (Å²) < 4.78 is 22.8. The molecular formula is C12H19O3PS. The monoisotopic (exact) mass is 274 g/mol. The molecule has 0 aromatic heterocycles. The van der Waals surface area contributed by atoms with E-state index in [2.05, 4.69) is 0 Å². The Kier molecular flexibility index (Phi) is 6.28. The van der Waals surface area contributed by atoms with Crippen LogP contribution in [0.4, 0.5) is 0 Å². The van der Waals surface area contributed by atoms with Crippen molar-refractivity contribution in [3.8, 4) is 0 Å². The molecule has 0 amide bonds. The minimum Gasteiger partial charge on any atom is -0.301 e. The quantitative estimate of drug-likeness (QED) is 0.677. The molecule has 3 nitrogen and oxygen atoms in total. The van der Waals surface area contributed by atoms with Crippen molar-refractivity contribution in [1.82, 2.24) is 0 Å². The van der Waals surface area contributed by atoms with E-state index in [1.807, 2.05) is 51.1 Å². The molecule has 1 aromatic rings. The smallest absolute Gasteiger partial charge is 0.301 e. The van der Waals surface area contributed by atoms with Crippen LogP contribution in [-0.4, -0.2) is 13.2 Å². The van der Waals surface area contributed by atoms with E-state index in [9.17, 15) is 4.57 Å². The molecule has 17 heavy (non-hydrogen) atoms. The Balaban J connectivity index is 2.71. The van der Waals surface area contributed by atoms with Gasteiger partial charge in [-0.15, -0.1) is 0 Å². The average molecular weight is 274 g/mol. The Labute approximate surface area is 107 Å². The van der Waals surface area contributed by atoms with Crippen molar-refractivity contribution in [1.29, 1.82) is 0 Å². The molecule has 5 heteroatoms. The van der Waals surface area contributed by atoms with E-state index in [0.717, 1.165) is 5.56 Å². The van der Waals surface area contributed by atoms with Gasteiger partial charge in [-0.25, -0.2) is 4.57 Å². The van der Waals surface area contributed by atoms with Crippen LogP contribution in [0.5, 0.6) is 0 Å². The van der Waals surface area contributed by atoms with Gasteiger partial charge in [0.25, 0.3) is 0 Å². The van der Waals surface area contributed by atoms with Crippen LogP contribution in [0.25, 0.3) is 0 Å². The molecule has 1 rings (SSSR count). The Bertz CT molecular complexity index is 359. The van der Waals surface area contributed by atoms with Crippen LogP contribution >= 0.6 is 18.2 Å². The zero-order chi connectivity index (χ0) is 12.7. The van der Waals surface area contributed by atoms with E-state index in [0.29, 0.717) is 13.2 Å². The third-order valence-corrected chi connectivity index (χ3v) is 6.48. The van der Waals surface area contributed by atoms with Crippen molar-refractivity contribution < 1.29 is 13.6 Å². The van der Waals surface area contributed by atoms with Crippen LogP contribution in [0.2, 0.25) is 0 Å². The molecule has 96 valence electrons. The van der Waals surface area contributed by atoms with Gasteiger partial charge >= 0.3 is 6.80 Å². The standard InChI is InChI=1S/C12H19O3PS/c1-4-14-16(13,15-5-2)17-11(3)12-9-7-6-8-10-12/h6-11H,4-5H2,1-3H3. The second kappa shape index (κ2) is 7.22. The summed E-state index contributed by atoms with van der Waals surface area (Å²) in [7, 11) is 0. The molecular weight excluding hydrogens is 255 g/mol. The average Bonchev–Trinajstić information content (AvgIpc) is 2.30. The molecule has 0 aliphatic heterocycles. The fraction of sp³-hybridized carbons (Fsp3) is 0.500. The van der Waals surface area contributed by atoms with E-state index in [1.165, 1.54) is 11.4 Å². The highest BCUT2D eigenvalue weighted by Crippen LogP contribution is 2.65. The summed E-state index contributed by atoms with van der Waals surface area (Å²) in [5.41, 5.74) is 1.12. The minimum absolute atomic E-state index is 0.0835. The Morgan fingerprint density at radius 3 is 2.18 bits per heavy atom. The van der Waals surface area contributed by atoms with Crippen molar-refractivity contribution in [2.45, 2.75) is 26.0 Å². The van der Waals surface area contributed by atoms with Crippen LogP contribution in [0, 0.1) is 0 Å². The SMILES string of the molecule is CCOP(=O)(OCC)SC(C)c1ccccc1. The summed E-state index contributed by atoms with van der Waals surface area (Å²) in [4.78, 5) is 0. The van der Waals surface area contributed by atoms with E-state index in [-0.39, 0.29) is 5.25 Å². The van der Waals surface area contributed by atoms with Crippen molar-refractivity contribution in [3.63, 3.8) is 0 Å². The third kappa shape index (κ3) is 4.84. The molecule has 0 fully saturated rings. The lowest BCUT2D eigenvalue weighted by Gasteiger charge is -2.19. The lowest BCUT2D eigenvalue weighted by molar-refractivity contribution is 0.236. The van der Waals surface area contributed by atoms with Gasteiger partial charge in [-0.2, -0.15) is 0 Å². The lowest BCUT2D eigenvalue weighted by Crippen LogP contribution is -1.95. The molecule has 1 aromatic carbocycles. The molecule has 0 saturated carbocycles. The molecule has 0 aliphatic carbocycles. The summed E-state index contributed by atoms with van der Waals surface area (Å²) >= 11 is 1.26. The zero-order valence-corrected chi connectivity index (χ0v) is 12.2. The summed E-state index contributed by atoms with van der Waals surface area (Å²) in [6.07, 6.45) is 0. The maximum Gasteiger partial charge on any atom is 0.389 e. The topological polar surface area (TPSA) is 35.5 Å². The van der Waals surface area contributed by atoms with Crippen molar-refractivity contribution in [2.24, 2.45) is 0 Å². The summed E-state index contributed by atoms with van der Waals surface area (Å²) in [6, 6.07) is 9.93.